The Morgan fingerprint density at radius 2 is 1.33 bits per heavy atom. The topological polar surface area (TPSA) is 50.7 Å². The molecular formula is C32H26N2O2. The lowest BCUT2D eigenvalue weighted by atomic mass is 9.91. The van der Waals surface area contributed by atoms with E-state index in [1.54, 1.807) is 6.21 Å². The second-order valence-electron chi connectivity index (χ2n) is 8.45. The number of ether oxygens (including phenoxy) is 1. The van der Waals surface area contributed by atoms with Crippen molar-refractivity contribution in [1.29, 1.82) is 0 Å². The van der Waals surface area contributed by atoms with Crippen LogP contribution >= 0.6 is 0 Å². The van der Waals surface area contributed by atoms with E-state index in [0.29, 0.717) is 12.4 Å². The Kier molecular flexibility index (Phi) is 7.14. The number of hydrazone groups is 1. The van der Waals surface area contributed by atoms with Crippen LogP contribution in [0.5, 0.6) is 5.75 Å². The largest absolute Gasteiger partial charge is 0.488 e. The van der Waals surface area contributed by atoms with E-state index in [4.69, 9.17) is 4.74 Å². The second-order valence-corrected chi connectivity index (χ2v) is 8.45. The van der Waals surface area contributed by atoms with Crippen molar-refractivity contribution in [3.63, 3.8) is 0 Å². The first kappa shape index (κ1) is 23.1. The minimum atomic E-state index is -0.456. The van der Waals surface area contributed by atoms with Gasteiger partial charge in [0, 0.05) is 5.56 Å². The van der Waals surface area contributed by atoms with Gasteiger partial charge in [-0.3, -0.25) is 4.79 Å². The standard InChI is InChI=1S/C32H26N2O2/c35-32(31(25-13-3-1-4-14-25)26-15-5-2-6-16-26)34-33-22-27-17-8-10-21-30(27)36-23-28-19-11-18-24-12-7-9-20-29(24)28/h1-22,31H,23H2,(H,34,35)/b33-22+. The number of hydrogen-bond acceptors (Lipinski definition) is 3. The molecular weight excluding hydrogens is 444 g/mol. The molecule has 0 bridgehead atoms. The molecule has 0 spiro atoms. The number of nitrogens with zero attached hydrogens (tertiary/aromatic N) is 1. The lowest BCUT2D eigenvalue weighted by Crippen LogP contribution is -2.26. The van der Waals surface area contributed by atoms with Crippen LogP contribution in [0, 0.1) is 0 Å². The first-order chi connectivity index (χ1) is 17.8. The third-order valence-electron chi connectivity index (χ3n) is 6.09. The summed E-state index contributed by atoms with van der Waals surface area (Å²) >= 11 is 0. The number of carbonyl (C=O) groups is 1. The summed E-state index contributed by atoms with van der Waals surface area (Å²) in [6.07, 6.45) is 1.63. The Labute approximate surface area is 210 Å². The van der Waals surface area contributed by atoms with Gasteiger partial charge in [-0.25, -0.2) is 5.43 Å². The lowest BCUT2D eigenvalue weighted by molar-refractivity contribution is -0.121. The van der Waals surface area contributed by atoms with E-state index < -0.39 is 5.92 Å². The molecule has 5 aromatic carbocycles. The number of benzene rings is 5. The van der Waals surface area contributed by atoms with Crippen LogP contribution in [0.1, 0.15) is 28.2 Å². The Morgan fingerprint density at radius 3 is 2.08 bits per heavy atom. The second kappa shape index (κ2) is 11.2. The van der Waals surface area contributed by atoms with Crippen LogP contribution in [-0.4, -0.2) is 12.1 Å². The first-order valence-electron chi connectivity index (χ1n) is 11.9. The van der Waals surface area contributed by atoms with Crippen molar-refractivity contribution in [3.05, 3.63) is 150 Å². The average Bonchev–Trinajstić information content (AvgIpc) is 2.94. The predicted molar refractivity (Wildman–Crippen MR) is 145 cm³/mol. The zero-order chi connectivity index (χ0) is 24.6. The Balaban J connectivity index is 1.31. The number of rotatable bonds is 8. The van der Waals surface area contributed by atoms with Gasteiger partial charge in [-0.15, -0.1) is 0 Å². The maximum atomic E-state index is 13.2. The highest BCUT2D eigenvalue weighted by Crippen LogP contribution is 2.25. The molecule has 1 N–H and O–H groups in total. The Hall–Kier alpha value is -4.70. The van der Waals surface area contributed by atoms with Crippen molar-refractivity contribution >= 4 is 22.9 Å². The fraction of sp³-hybridized carbons (Fsp3) is 0.0625. The summed E-state index contributed by atoms with van der Waals surface area (Å²) in [4.78, 5) is 13.2. The van der Waals surface area contributed by atoms with Gasteiger partial charge in [0.25, 0.3) is 5.91 Å². The molecule has 0 aliphatic heterocycles. The number of hydrogen-bond donors (Lipinski definition) is 1. The average molecular weight is 471 g/mol. The van der Waals surface area contributed by atoms with Crippen LogP contribution in [0.25, 0.3) is 10.8 Å². The van der Waals surface area contributed by atoms with Crippen molar-refractivity contribution in [2.24, 2.45) is 5.10 Å². The summed E-state index contributed by atoms with van der Waals surface area (Å²) < 4.78 is 6.17. The van der Waals surface area contributed by atoms with Gasteiger partial charge in [0.1, 0.15) is 12.4 Å². The van der Waals surface area contributed by atoms with Crippen LogP contribution in [0.3, 0.4) is 0 Å². The van der Waals surface area contributed by atoms with Gasteiger partial charge in [-0.05, 0) is 39.6 Å². The molecule has 4 nitrogen and oxygen atoms in total. The van der Waals surface area contributed by atoms with E-state index in [2.05, 4.69) is 34.8 Å². The molecule has 0 saturated carbocycles. The predicted octanol–water partition coefficient (Wildman–Crippen LogP) is 6.70. The normalized spacial score (nSPS) is 11.1. The van der Waals surface area contributed by atoms with E-state index in [-0.39, 0.29) is 5.91 Å². The molecule has 36 heavy (non-hydrogen) atoms. The van der Waals surface area contributed by atoms with Crippen molar-refractivity contribution in [2.45, 2.75) is 12.5 Å². The van der Waals surface area contributed by atoms with Crippen LogP contribution < -0.4 is 10.2 Å². The monoisotopic (exact) mass is 470 g/mol. The van der Waals surface area contributed by atoms with E-state index in [1.165, 1.54) is 10.8 Å². The summed E-state index contributed by atoms with van der Waals surface area (Å²) in [6.45, 7) is 0.433. The SMILES string of the molecule is O=C(N/N=C/c1ccccc1OCc1cccc2ccccc12)C(c1ccccc1)c1ccccc1. The van der Waals surface area contributed by atoms with Crippen LogP contribution in [-0.2, 0) is 11.4 Å². The molecule has 176 valence electrons. The molecule has 0 fully saturated rings. The highest BCUT2D eigenvalue weighted by molar-refractivity contribution is 5.89. The van der Waals surface area contributed by atoms with Gasteiger partial charge >= 0.3 is 0 Å². The molecule has 0 radical (unpaired) electrons. The van der Waals surface area contributed by atoms with E-state index in [0.717, 1.165) is 22.3 Å². The zero-order valence-electron chi connectivity index (χ0n) is 19.7. The first-order valence-corrected chi connectivity index (χ1v) is 11.9. The van der Waals surface area contributed by atoms with Crippen LogP contribution in [0.4, 0.5) is 0 Å². The molecule has 0 aliphatic rings. The molecule has 0 unspecified atom stereocenters. The summed E-state index contributed by atoms with van der Waals surface area (Å²) in [5.74, 6) is 0.0475. The summed E-state index contributed by atoms with van der Waals surface area (Å²) in [6, 6.07) is 41.6. The summed E-state index contributed by atoms with van der Waals surface area (Å²) in [5.41, 5.74) is 6.45. The summed E-state index contributed by atoms with van der Waals surface area (Å²) in [7, 11) is 0. The van der Waals surface area contributed by atoms with Gasteiger partial charge in [0.15, 0.2) is 0 Å². The number of fused-ring (bicyclic) bond motifs is 1. The van der Waals surface area contributed by atoms with Crippen LogP contribution in [0.2, 0.25) is 0 Å². The van der Waals surface area contributed by atoms with E-state index in [9.17, 15) is 4.79 Å². The van der Waals surface area contributed by atoms with Gasteiger partial charge < -0.3 is 4.74 Å². The molecule has 0 saturated heterocycles. The van der Waals surface area contributed by atoms with Crippen molar-refractivity contribution in [3.8, 4) is 5.75 Å². The number of amides is 1. The zero-order valence-corrected chi connectivity index (χ0v) is 19.7. The molecule has 4 heteroatoms. The third kappa shape index (κ3) is 5.34. The fourth-order valence-corrected chi connectivity index (χ4v) is 4.31. The smallest absolute Gasteiger partial charge is 0.252 e. The van der Waals surface area contributed by atoms with E-state index >= 15 is 0 Å². The minimum Gasteiger partial charge on any atom is -0.488 e. The Bertz CT molecular complexity index is 1440. The number of para-hydroxylation sites is 1. The van der Waals surface area contributed by atoms with E-state index in [1.807, 2.05) is 103 Å². The minimum absolute atomic E-state index is 0.196. The highest BCUT2D eigenvalue weighted by Gasteiger charge is 2.22. The molecule has 1 amide bonds. The van der Waals surface area contributed by atoms with Gasteiger partial charge in [-0.1, -0.05) is 115 Å². The Morgan fingerprint density at radius 1 is 0.722 bits per heavy atom. The lowest BCUT2D eigenvalue weighted by Gasteiger charge is -2.16. The van der Waals surface area contributed by atoms with Crippen LogP contribution in [0.15, 0.2) is 132 Å². The number of nitrogens with one attached hydrogen (secondary N) is 1. The van der Waals surface area contributed by atoms with Gasteiger partial charge in [0.05, 0.1) is 12.1 Å². The molecule has 0 heterocycles. The molecule has 0 aromatic heterocycles. The molecule has 5 rings (SSSR count). The maximum Gasteiger partial charge on any atom is 0.252 e. The van der Waals surface area contributed by atoms with Crippen molar-refractivity contribution in [1.82, 2.24) is 5.43 Å². The van der Waals surface area contributed by atoms with Gasteiger partial charge in [-0.2, -0.15) is 5.10 Å². The molecule has 0 atom stereocenters. The highest BCUT2D eigenvalue weighted by atomic mass is 16.5. The van der Waals surface area contributed by atoms with Crippen molar-refractivity contribution in [2.75, 3.05) is 0 Å². The van der Waals surface area contributed by atoms with Gasteiger partial charge in [0.2, 0.25) is 0 Å². The molecule has 0 aliphatic carbocycles. The third-order valence-corrected chi connectivity index (χ3v) is 6.09. The maximum absolute atomic E-state index is 13.2. The molecule has 5 aromatic rings. The summed E-state index contributed by atoms with van der Waals surface area (Å²) in [5, 5.41) is 6.63. The number of carbonyl (C=O) groups excluding carboxylic acids is 1. The fourth-order valence-electron chi connectivity index (χ4n) is 4.31. The van der Waals surface area contributed by atoms with Crippen molar-refractivity contribution < 1.29 is 9.53 Å². The quantitative estimate of drug-likeness (QED) is 0.203.